The van der Waals surface area contributed by atoms with Gasteiger partial charge in [-0.25, -0.2) is 21.2 Å². The number of hydrogen-bond donors (Lipinski definition) is 0. The second-order valence-corrected chi connectivity index (χ2v) is 12.1. The maximum absolute atomic E-state index is 13.2. The highest BCUT2D eigenvalue weighted by Gasteiger charge is 2.30. The van der Waals surface area contributed by atoms with Gasteiger partial charge in [-0.1, -0.05) is 0 Å². The molecule has 0 unspecified atom stereocenters. The van der Waals surface area contributed by atoms with Crippen molar-refractivity contribution in [3.05, 3.63) is 59.4 Å². The van der Waals surface area contributed by atoms with E-state index in [-0.39, 0.29) is 30.4 Å². The minimum Gasteiger partial charge on any atom is -0.337 e. The molecule has 1 saturated heterocycles. The number of aryl methyl sites for hydroxylation is 1. The molecule has 0 saturated carbocycles. The predicted octanol–water partition coefficient (Wildman–Crippen LogP) is 2.07. The van der Waals surface area contributed by atoms with E-state index in [1.165, 1.54) is 27.0 Å². The lowest BCUT2D eigenvalue weighted by Crippen LogP contribution is -2.37. The molecular weight excluding hydrogens is 469 g/mol. The van der Waals surface area contributed by atoms with Gasteiger partial charge in [0, 0.05) is 38.3 Å². The van der Waals surface area contributed by atoms with Crippen LogP contribution in [-0.2, 0) is 26.5 Å². The van der Waals surface area contributed by atoms with Crippen LogP contribution in [0.3, 0.4) is 0 Å². The number of halogens is 1. The third kappa shape index (κ3) is 4.90. The first-order valence-corrected chi connectivity index (χ1v) is 14.0. The van der Waals surface area contributed by atoms with E-state index < -0.39 is 25.9 Å². The Bertz CT molecular complexity index is 1260. The normalized spacial score (nSPS) is 18.0. The Hall–Kier alpha value is -2.50. The minimum atomic E-state index is -3.78. The Morgan fingerprint density at radius 2 is 1.61 bits per heavy atom. The van der Waals surface area contributed by atoms with Crippen molar-refractivity contribution in [1.29, 1.82) is 0 Å². The third-order valence-corrected chi connectivity index (χ3v) is 9.09. The molecule has 0 bridgehead atoms. The summed E-state index contributed by atoms with van der Waals surface area (Å²) in [5.74, 6) is -0.721. The number of carbonyl (C=O) groups excluding carboxylic acids is 1. The number of carbonyl (C=O) groups is 1. The number of sulfonamides is 2. The fourth-order valence-corrected chi connectivity index (χ4v) is 6.78. The molecule has 0 N–H and O–H groups in total. The van der Waals surface area contributed by atoms with Crippen LogP contribution in [-0.4, -0.2) is 70.9 Å². The molecule has 2 aliphatic heterocycles. The Balaban J connectivity index is 1.50. The number of rotatable bonds is 4. The maximum atomic E-state index is 13.2. The molecule has 11 heteroatoms. The molecule has 4 rings (SSSR count). The molecule has 0 spiro atoms. The van der Waals surface area contributed by atoms with Crippen molar-refractivity contribution in [3.8, 4) is 0 Å². The predicted molar refractivity (Wildman–Crippen MR) is 123 cm³/mol. The highest BCUT2D eigenvalue weighted by atomic mass is 32.2. The van der Waals surface area contributed by atoms with Gasteiger partial charge in [0.05, 0.1) is 16.8 Å². The van der Waals surface area contributed by atoms with Gasteiger partial charge in [-0.05, 0) is 67.3 Å². The zero-order chi connectivity index (χ0) is 23.8. The van der Waals surface area contributed by atoms with Crippen LogP contribution in [0.1, 0.15) is 28.8 Å². The van der Waals surface area contributed by atoms with Gasteiger partial charge in [0.15, 0.2) is 0 Å². The van der Waals surface area contributed by atoms with Crippen LogP contribution in [0.25, 0.3) is 0 Å². The highest BCUT2D eigenvalue weighted by Crippen LogP contribution is 2.30. The molecule has 0 aliphatic carbocycles. The molecule has 2 aromatic carbocycles. The van der Waals surface area contributed by atoms with E-state index >= 15 is 0 Å². The molecule has 0 aromatic heterocycles. The van der Waals surface area contributed by atoms with Crippen LogP contribution in [0.2, 0.25) is 0 Å². The molecule has 178 valence electrons. The summed E-state index contributed by atoms with van der Waals surface area (Å²) >= 11 is 0. The maximum Gasteiger partial charge on any atom is 0.253 e. The largest absolute Gasteiger partial charge is 0.337 e. The van der Waals surface area contributed by atoms with Gasteiger partial charge in [-0.15, -0.1) is 0 Å². The Morgan fingerprint density at radius 1 is 0.879 bits per heavy atom. The topological polar surface area (TPSA) is 95.1 Å². The van der Waals surface area contributed by atoms with Crippen LogP contribution in [0.5, 0.6) is 0 Å². The first-order chi connectivity index (χ1) is 15.6. The van der Waals surface area contributed by atoms with Gasteiger partial charge in [0.2, 0.25) is 20.0 Å². The lowest BCUT2D eigenvalue weighted by Gasteiger charge is -2.30. The highest BCUT2D eigenvalue weighted by molar-refractivity contribution is 7.92. The van der Waals surface area contributed by atoms with E-state index in [9.17, 15) is 26.0 Å². The van der Waals surface area contributed by atoms with Crippen LogP contribution in [0, 0.1) is 5.82 Å². The number of anilines is 1. The molecule has 2 aliphatic rings. The molecule has 2 aromatic rings. The third-order valence-electron chi connectivity index (χ3n) is 6.00. The van der Waals surface area contributed by atoms with Crippen LogP contribution in [0.15, 0.2) is 47.4 Å². The zero-order valence-corrected chi connectivity index (χ0v) is 19.9. The van der Waals surface area contributed by atoms with Gasteiger partial charge in [-0.2, -0.15) is 4.31 Å². The lowest BCUT2D eigenvalue weighted by molar-refractivity contribution is 0.0764. The average molecular weight is 496 g/mol. The fourth-order valence-electron chi connectivity index (χ4n) is 4.32. The zero-order valence-electron chi connectivity index (χ0n) is 18.3. The number of benzene rings is 2. The monoisotopic (exact) mass is 495 g/mol. The van der Waals surface area contributed by atoms with Crippen molar-refractivity contribution in [1.82, 2.24) is 9.21 Å². The SMILES string of the molecule is CS(=O)(=O)N1CCCc2cc(C(=O)N3CCCN(S(=O)(=O)c4ccc(F)cc4)CC3)ccc21. The summed E-state index contributed by atoms with van der Waals surface area (Å²) < 4.78 is 65.8. The lowest BCUT2D eigenvalue weighted by atomic mass is 10.00. The molecule has 0 atom stereocenters. The summed E-state index contributed by atoms with van der Waals surface area (Å²) in [6, 6.07) is 9.75. The van der Waals surface area contributed by atoms with Gasteiger partial charge in [0.1, 0.15) is 5.82 Å². The van der Waals surface area contributed by atoms with Gasteiger partial charge < -0.3 is 4.90 Å². The molecule has 0 radical (unpaired) electrons. The van der Waals surface area contributed by atoms with E-state index in [0.29, 0.717) is 43.6 Å². The number of nitrogens with zero attached hydrogens (tertiary/aromatic N) is 3. The Kier molecular flexibility index (Phi) is 6.47. The van der Waals surface area contributed by atoms with Gasteiger partial charge in [-0.3, -0.25) is 9.10 Å². The van der Waals surface area contributed by atoms with Crippen LogP contribution < -0.4 is 4.31 Å². The van der Waals surface area contributed by atoms with Crippen LogP contribution >= 0.6 is 0 Å². The summed E-state index contributed by atoms with van der Waals surface area (Å²) in [4.78, 5) is 14.8. The second kappa shape index (κ2) is 9.03. The quantitative estimate of drug-likeness (QED) is 0.647. The molecular formula is C22H26FN3O5S2. The van der Waals surface area contributed by atoms with E-state index in [2.05, 4.69) is 0 Å². The smallest absolute Gasteiger partial charge is 0.253 e. The molecule has 1 amide bonds. The number of hydrogen-bond acceptors (Lipinski definition) is 5. The van der Waals surface area contributed by atoms with Crippen molar-refractivity contribution in [3.63, 3.8) is 0 Å². The summed E-state index contributed by atoms with van der Waals surface area (Å²) in [6.45, 7) is 1.45. The van der Waals surface area contributed by atoms with E-state index in [4.69, 9.17) is 0 Å². The van der Waals surface area contributed by atoms with Crippen LogP contribution in [0.4, 0.5) is 10.1 Å². The van der Waals surface area contributed by atoms with Crippen molar-refractivity contribution in [2.45, 2.75) is 24.2 Å². The number of amides is 1. The first kappa shape index (κ1) is 23.7. The summed E-state index contributed by atoms with van der Waals surface area (Å²) in [5, 5.41) is 0. The van der Waals surface area contributed by atoms with E-state index in [0.717, 1.165) is 17.7 Å². The number of fused-ring (bicyclic) bond motifs is 1. The van der Waals surface area contributed by atoms with Crippen molar-refractivity contribution in [2.24, 2.45) is 0 Å². The van der Waals surface area contributed by atoms with Crippen molar-refractivity contribution >= 4 is 31.6 Å². The summed E-state index contributed by atoms with van der Waals surface area (Å²) in [5.41, 5.74) is 1.87. The average Bonchev–Trinajstić information content (AvgIpc) is 3.04. The minimum absolute atomic E-state index is 0.0220. The standard InChI is InChI=1S/C22H26FN3O5S2/c1-32(28,29)26-13-2-4-17-16-18(5-10-21(17)26)22(27)24-11-3-12-25(15-14-24)33(30,31)20-8-6-19(23)7-9-20/h5-10,16H,2-4,11-15H2,1H3. The summed E-state index contributed by atoms with van der Waals surface area (Å²) in [6.07, 6.45) is 3.01. The fraction of sp³-hybridized carbons (Fsp3) is 0.409. The van der Waals surface area contributed by atoms with Crippen molar-refractivity contribution < 1.29 is 26.0 Å². The Morgan fingerprint density at radius 3 is 2.30 bits per heavy atom. The Labute approximate surface area is 193 Å². The van der Waals surface area contributed by atoms with E-state index in [1.54, 1.807) is 23.1 Å². The molecule has 2 heterocycles. The first-order valence-electron chi connectivity index (χ1n) is 10.7. The molecule has 1 fully saturated rings. The van der Waals surface area contributed by atoms with Gasteiger partial charge in [0.25, 0.3) is 5.91 Å². The second-order valence-electron chi connectivity index (χ2n) is 8.29. The molecule has 33 heavy (non-hydrogen) atoms. The molecule has 8 nitrogen and oxygen atoms in total. The summed E-state index contributed by atoms with van der Waals surface area (Å²) in [7, 11) is -7.17. The van der Waals surface area contributed by atoms with Gasteiger partial charge >= 0.3 is 0 Å². The van der Waals surface area contributed by atoms with Crippen molar-refractivity contribution in [2.75, 3.05) is 43.3 Å². The van der Waals surface area contributed by atoms with E-state index in [1.807, 2.05) is 0 Å².